The lowest BCUT2D eigenvalue weighted by molar-refractivity contribution is -0.143. The van der Waals surface area contributed by atoms with Gasteiger partial charge in [0.25, 0.3) is 0 Å². The molecule has 1 aliphatic rings. The number of rotatable bonds is 13. The number of carbonyl (C=O) groups is 3. The molecule has 0 aliphatic carbocycles. The molecular weight excluding hydrogens is 662 g/mol. The first-order chi connectivity index (χ1) is 21.8. The van der Waals surface area contributed by atoms with Crippen LogP contribution in [-0.2, 0) is 43.2 Å². The van der Waals surface area contributed by atoms with Crippen LogP contribution in [0.2, 0.25) is 0 Å². The van der Waals surface area contributed by atoms with E-state index in [0.29, 0.717) is 34.9 Å². The Bertz CT molecular complexity index is 1550. The van der Waals surface area contributed by atoms with E-state index in [0.717, 1.165) is 0 Å². The molecule has 12 nitrogen and oxygen atoms in total. The Hall–Kier alpha value is -4.39. The van der Waals surface area contributed by atoms with E-state index in [9.17, 15) is 54.3 Å². The number of nitrogens with two attached hydrogens (primary N) is 1. The van der Waals surface area contributed by atoms with Gasteiger partial charge in [-0.15, -0.1) is 0 Å². The Kier molecular flexibility index (Phi) is 11.8. The van der Waals surface area contributed by atoms with Crippen LogP contribution in [0.5, 0.6) is 0 Å². The summed E-state index contributed by atoms with van der Waals surface area (Å²) < 4.78 is 107. The second kappa shape index (κ2) is 15.0. The second-order valence-corrected chi connectivity index (χ2v) is 12.6. The van der Waals surface area contributed by atoms with Crippen LogP contribution in [0, 0.1) is 5.41 Å². The van der Waals surface area contributed by atoms with Crippen LogP contribution in [-0.4, -0.2) is 66.7 Å². The minimum atomic E-state index is -5.30. The Labute approximate surface area is 265 Å². The Balaban J connectivity index is 1.69. The van der Waals surface area contributed by atoms with Crippen molar-refractivity contribution in [2.24, 2.45) is 5.73 Å². The number of halogens is 6. The molecule has 7 N–H and O–H groups in total. The first-order valence-electron chi connectivity index (χ1n) is 14.1. The van der Waals surface area contributed by atoms with E-state index in [1.165, 1.54) is 24.3 Å². The van der Waals surface area contributed by atoms with Gasteiger partial charge in [0.2, 0.25) is 21.8 Å². The lowest BCUT2D eigenvalue weighted by atomic mass is 10.0. The van der Waals surface area contributed by atoms with Crippen molar-refractivity contribution < 1.29 is 54.3 Å². The highest BCUT2D eigenvalue weighted by Crippen LogP contribution is 2.38. The summed E-state index contributed by atoms with van der Waals surface area (Å²) in [5, 5.41) is 24.3. The van der Waals surface area contributed by atoms with E-state index >= 15 is 0 Å². The second-order valence-electron chi connectivity index (χ2n) is 10.7. The molecule has 3 rings (SSSR count). The SMILES string of the molecule is N=C(N)NCCCCC(=O)Nc1ccc(C[C@H](NC(=O)[C@@H]2CCCN2S(=O)(=O)c2cc(C(F)(F)F)cc(C(F)(F)F)c2)C(=O)O)cc1. The summed E-state index contributed by atoms with van der Waals surface area (Å²) in [5.74, 6) is -3.04. The molecule has 2 aromatic rings. The molecular formula is C28H32F6N6O6S. The van der Waals surface area contributed by atoms with Crippen molar-refractivity contribution in [1.29, 1.82) is 5.41 Å². The van der Waals surface area contributed by atoms with Gasteiger partial charge in [-0.05, 0) is 61.6 Å². The van der Waals surface area contributed by atoms with Crippen LogP contribution >= 0.6 is 0 Å². The van der Waals surface area contributed by atoms with Crippen LogP contribution in [0.1, 0.15) is 48.8 Å². The number of nitrogens with zero attached hydrogens (tertiary/aromatic N) is 1. The zero-order valence-electron chi connectivity index (χ0n) is 24.5. The number of sulfonamides is 1. The number of anilines is 1. The van der Waals surface area contributed by atoms with Crippen molar-refractivity contribution in [3.63, 3.8) is 0 Å². The lowest BCUT2D eigenvalue weighted by Gasteiger charge is -2.26. The van der Waals surface area contributed by atoms with E-state index < -0.39 is 68.9 Å². The maximum absolute atomic E-state index is 13.3. The highest BCUT2D eigenvalue weighted by molar-refractivity contribution is 7.89. The van der Waals surface area contributed by atoms with Gasteiger partial charge in [0, 0.05) is 31.6 Å². The molecule has 258 valence electrons. The van der Waals surface area contributed by atoms with Crippen molar-refractivity contribution in [3.8, 4) is 0 Å². The van der Waals surface area contributed by atoms with Gasteiger partial charge in [-0.1, -0.05) is 12.1 Å². The fourth-order valence-electron chi connectivity index (χ4n) is 4.79. The Morgan fingerprint density at radius 3 is 2.13 bits per heavy atom. The molecule has 2 aromatic carbocycles. The van der Waals surface area contributed by atoms with E-state index in [-0.39, 0.29) is 55.7 Å². The fraction of sp³-hybridized carbons (Fsp3) is 0.429. The maximum Gasteiger partial charge on any atom is 0.416 e. The third kappa shape index (κ3) is 10.3. The van der Waals surface area contributed by atoms with Crippen LogP contribution in [0.4, 0.5) is 32.0 Å². The Morgan fingerprint density at radius 2 is 1.60 bits per heavy atom. The van der Waals surface area contributed by atoms with Gasteiger partial charge in [-0.3, -0.25) is 15.0 Å². The first kappa shape index (κ1) is 37.1. The third-order valence-corrected chi connectivity index (χ3v) is 9.00. The summed E-state index contributed by atoms with van der Waals surface area (Å²) in [6, 6.07) is 2.70. The first-order valence-corrected chi connectivity index (χ1v) is 15.5. The fourth-order valence-corrected chi connectivity index (χ4v) is 6.51. The zero-order valence-corrected chi connectivity index (χ0v) is 25.4. The summed E-state index contributed by atoms with van der Waals surface area (Å²) in [4.78, 5) is 35.9. The van der Waals surface area contributed by atoms with Gasteiger partial charge in [0.05, 0.1) is 16.0 Å². The van der Waals surface area contributed by atoms with Crippen LogP contribution in [0.25, 0.3) is 0 Å². The predicted molar refractivity (Wildman–Crippen MR) is 155 cm³/mol. The largest absolute Gasteiger partial charge is 0.480 e. The maximum atomic E-state index is 13.3. The number of alkyl halides is 6. The molecule has 2 atom stereocenters. The molecule has 0 bridgehead atoms. The summed E-state index contributed by atoms with van der Waals surface area (Å²) in [7, 11) is -5.07. The van der Waals surface area contributed by atoms with Crippen molar-refractivity contribution in [3.05, 3.63) is 59.2 Å². The quantitative estimate of drug-likeness (QED) is 0.0796. The average Bonchev–Trinajstić information content (AvgIpc) is 3.48. The molecule has 0 unspecified atom stereocenters. The smallest absolute Gasteiger partial charge is 0.416 e. The average molecular weight is 695 g/mol. The highest BCUT2D eigenvalue weighted by Gasteiger charge is 2.43. The molecule has 0 radical (unpaired) electrons. The van der Waals surface area contributed by atoms with Crippen molar-refractivity contribution in [2.45, 2.75) is 67.9 Å². The minimum Gasteiger partial charge on any atom is -0.480 e. The van der Waals surface area contributed by atoms with Gasteiger partial charge >= 0.3 is 18.3 Å². The number of nitrogens with one attached hydrogen (secondary N) is 4. The number of unbranched alkanes of at least 4 members (excludes halogenated alkanes) is 1. The monoisotopic (exact) mass is 694 g/mol. The molecule has 1 fully saturated rings. The van der Waals surface area contributed by atoms with Crippen LogP contribution < -0.4 is 21.7 Å². The molecule has 0 spiro atoms. The van der Waals surface area contributed by atoms with E-state index in [1.54, 1.807) is 0 Å². The van der Waals surface area contributed by atoms with Crippen LogP contribution in [0.15, 0.2) is 47.4 Å². The Morgan fingerprint density at radius 1 is 1.00 bits per heavy atom. The summed E-state index contributed by atoms with van der Waals surface area (Å²) in [6.07, 6.45) is -9.70. The van der Waals surface area contributed by atoms with Gasteiger partial charge in [-0.25, -0.2) is 13.2 Å². The number of carboxylic acids is 1. The number of benzene rings is 2. The van der Waals surface area contributed by atoms with Crippen LogP contribution in [0.3, 0.4) is 0 Å². The number of amides is 2. The molecule has 1 heterocycles. The molecule has 0 saturated carbocycles. The lowest BCUT2D eigenvalue weighted by Crippen LogP contribution is -2.51. The zero-order chi connectivity index (χ0) is 35.2. The molecule has 0 aromatic heterocycles. The highest BCUT2D eigenvalue weighted by atomic mass is 32.2. The van der Waals surface area contributed by atoms with Crippen molar-refractivity contribution >= 4 is 39.5 Å². The predicted octanol–water partition coefficient (Wildman–Crippen LogP) is 3.28. The minimum absolute atomic E-state index is 0.0304. The number of hydrogen-bond acceptors (Lipinski definition) is 6. The van der Waals surface area contributed by atoms with Crippen molar-refractivity contribution in [2.75, 3.05) is 18.4 Å². The normalized spacial score (nSPS) is 16.3. The number of aliphatic carboxylic acids is 1. The molecule has 1 aliphatic heterocycles. The van der Waals surface area contributed by atoms with Gasteiger partial charge in [0.15, 0.2) is 5.96 Å². The third-order valence-electron chi connectivity index (χ3n) is 7.11. The number of hydrogen-bond donors (Lipinski definition) is 6. The summed E-state index contributed by atoms with van der Waals surface area (Å²) in [5.41, 5.74) is 2.30. The van der Waals surface area contributed by atoms with Gasteiger partial charge < -0.3 is 26.8 Å². The molecule has 19 heteroatoms. The summed E-state index contributed by atoms with van der Waals surface area (Å²) >= 11 is 0. The topological polar surface area (TPSA) is 195 Å². The summed E-state index contributed by atoms with van der Waals surface area (Å²) in [6.45, 7) is 0.0318. The van der Waals surface area contributed by atoms with E-state index in [4.69, 9.17) is 11.1 Å². The van der Waals surface area contributed by atoms with E-state index in [1.807, 2.05) is 0 Å². The molecule has 47 heavy (non-hydrogen) atoms. The molecule has 1 saturated heterocycles. The number of carbonyl (C=O) groups excluding carboxylic acids is 2. The number of guanidine groups is 1. The van der Waals surface area contributed by atoms with Gasteiger partial charge in [-0.2, -0.15) is 30.6 Å². The number of carboxylic acid groups (broad SMARTS) is 1. The van der Waals surface area contributed by atoms with Crippen molar-refractivity contribution in [1.82, 2.24) is 14.9 Å². The standard InChI is InChI=1S/C28H32F6N6O6S/c29-27(30,31)17-13-18(28(32,33)34)15-20(14-17)47(45,46)40-11-3-4-22(40)24(42)39-21(25(43)44)12-16-6-8-19(9-7-16)38-23(41)5-1-2-10-37-26(35)36/h6-9,13-15,21-22H,1-5,10-12H2,(H,38,41)(H,39,42)(H,43,44)(H4,35,36,37)/t21-,22-/m0/s1. The van der Waals surface area contributed by atoms with E-state index in [2.05, 4.69) is 16.0 Å². The molecule has 2 amide bonds. The van der Waals surface area contributed by atoms with Gasteiger partial charge in [0.1, 0.15) is 12.1 Å².